The van der Waals surface area contributed by atoms with E-state index in [0.29, 0.717) is 55.9 Å². The van der Waals surface area contributed by atoms with Gasteiger partial charge in [0.1, 0.15) is 6.10 Å². The number of hydrogen-bond donors (Lipinski definition) is 1. The lowest BCUT2D eigenvalue weighted by molar-refractivity contribution is -0.0209. The Hall–Kier alpha value is -2.92. The van der Waals surface area contributed by atoms with Crippen LogP contribution in [0.3, 0.4) is 0 Å². The molecular formula is C16H20N6O5. The first kappa shape index (κ1) is 17.5. The van der Waals surface area contributed by atoms with E-state index in [1.54, 1.807) is 34.9 Å². The van der Waals surface area contributed by atoms with Crippen molar-refractivity contribution in [1.29, 1.82) is 0 Å². The minimum absolute atomic E-state index is 0.190. The molecule has 1 atom stereocenters. The van der Waals surface area contributed by atoms with Crippen molar-refractivity contribution in [3.8, 4) is 11.5 Å². The SMILES string of the molecule is COCCn1nnnc1[C@@H]1CN(C(=O)Nc2ccc3c(c2)OCO3)CCO1. The molecule has 2 aliphatic rings. The van der Waals surface area contributed by atoms with Crippen LogP contribution in [0.4, 0.5) is 10.5 Å². The number of anilines is 1. The minimum Gasteiger partial charge on any atom is -0.454 e. The lowest BCUT2D eigenvalue weighted by Gasteiger charge is -2.32. The summed E-state index contributed by atoms with van der Waals surface area (Å²) < 4.78 is 23.1. The predicted molar refractivity (Wildman–Crippen MR) is 91.5 cm³/mol. The molecule has 2 aromatic rings. The van der Waals surface area contributed by atoms with Gasteiger partial charge in [0.25, 0.3) is 0 Å². The van der Waals surface area contributed by atoms with Crippen LogP contribution in [0.15, 0.2) is 18.2 Å². The second-order valence-electron chi connectivity index (χ2n) is 6.06. The molecular weight excluding hydrogens is 356 g/mol. The molecule has 3 heterocycles. The van der Waals surface area contributed by atoms with Crippen molar-refractivity contribution in [2.75, 3.05) is 45.5 Å². The van der Waals surface area contributed by atoms with Gasteiger partial charge < -0.3 is 29.2 Å². The standard InChI is InChI=1S/C16H20N6O5/c1-24-6-5-22-15(18-19-20-22)14-9-21(4-7-25-14)16(23)17-11-2-3-12-13(8-11)27-10-26-12/h2-3,8,14H,4-7,9-10H2,1H3,(H,17,23)/t14-/m0/s1. The molecule has 144 valence electrons. The molecule has 0 radical (unpaired) electrons. The number of tetrazole rings is 1. The van der Waals surface area contributed by atoms with Crippen molar-refractivity contribution in [3.05, 3.63) is 24.0 Å². The maximum atomic E-state index is 12.6. The van der Waals surface area contributed by atoms with Gasteiger partial charge in [-0.1, -0.05) is 0 Å². The van der Waals surface area contributed by atoms with E-state index in [-0.39, 0.29) is 12.8 Å². The van der Waals surface area contributed by atoms with Crippen LogP contribution in [0.5, 0.6) is 11.5 Å². The van der Waals surface area contributed by atoms with Gasteiger partial charge in [-0.15, -0.1) is 5.10 Å². The number of ether oxygens (including phenoxy) is 4. The van der Waals surface area contributed by atoms with Crippen LogP contribution in [-0.2, 0) is 16.0 Å². The van der Waals surface area contributed by atoms with Crippen molar-refractivity contribution in [2.45, 2.75) is 12.6 Å². The summed E-state index contributed by atoms with van der Waals surface area (Å²) in [6.45, 7) is 2.42. The van der Waals surface area contributed by atoms with E-state index in [4.69, 9.17) is 18.9 Å². The smallest absolute Gasteiger partial charge is 0.322 e. The second kappa shape index (κ2) is 7.76. The van der Waals surface area contributed by atoms with E-state index in [2.05, 4.69) is 20.8 Å². The average molecular weight is 376 g/mol. The van der Waals surface area contributed by atoms with E-state index in [1.165, 1.54) is 0 Å². The Kier molecular flexibility index (Phi) is 5.03. The molecule has 1 aromatic heterocycles. The molecule has 0 unspecified atom stereocenters. The average Bonchev–Trinajstić information content (AvgIpc) is 3.35. The van der Waals surface area contributed by atoms with Gasteiger partial charge in [0.15, 0.2) is 17.3 Å². The van der Waals surface area contributed by atoms with E-state index in [0.717, 1.165) is 0 Å². The Morgan fingerprint density at radius 3 is 3.15 bits per heavy atom. The Morgan fingerprint density at radius 1 is 1.37 bits per heavy atom. The van der Waals surface area contributed by atoms with Crippen molar-refractivity contribution in [3.63, 3.8) is 0 Å². The Balaban J connectivity index is 1.40. The molecule has 0 saturated carbocycles. The molecule has 0 aliphatic carbocycles. The number of rotatable bonds is 5. The molecule has 11 nitrogen and oxygen atoms in total. The first-order chi connectivity index (χ1) is 13.2. The molecule has 11 heteroatoms. The number of amides is 2. The fourth-order valence-electron chi connectivity index (χ4n) is 2.95. The van der Waals surface area contributed by atoms with Crippen LogP contribution in [0.25, 0.3) is 0 Å². The van der Waals surface area contributed by atoms with Crippen LogP contribution in [0.1, 0.15) is 11.9 Å². The minimum atomic E-state index is -0.395. The molecule has 0 spiro atoms. The summed E-state index contributed by atoms with van der Waals surface area (Å²) in [5.74, 6) is 1.86. The second-order valence-corrected chi connectivity index (χ2v) is 6.06. The lowest BCUT2D eigenvalue weighted by Crippen LogP contribution is -2.45. The summed E-state index contributed by atoms with van der Waals surface area (Å²) in [5.41, 5.74) is 0.636. The number of carbonyl (C=O) groups is 1. The van der Waals surface area contributed by atoms with Crippen molar-refractivity contribution in [1.82, 2.24) is 25.1 Å². The monoisotopic (exact) mass is 376 g/mol. The normalized spacial score (nSPS) is 18.6. The fraction of sp³-hybridized carbons (Fsp3) is 0.500. The van der Waals surface area contributed by atoms with E-state index in [1.807, 2.05) is 0 Å². The number of nitrogens with one attached hydrogen (secondary N) is 1. The predicted octanol–water partition coefficient (Wildman–Crippen LogP) is 0.654. The zero-order chi connectivity index (χ0) is 18.6. The van der Waals surface area contributed by atoms with Crippen LogP contribution in [0, 0.1) is 0 Å². The number of urea groups is 1. The van der Waals surface area contributed by atoms with Crippen LogP contribution in [0.2, 0.25) is 0 Å². The van der Waals surface area contributed by atoms with Gasteiger partial charge in [0.05, 0.1) is 26.3 Å². The first-order valence-corrected chi connectivity index (χ1v) is 8.57. The summed E-state index contributed by atoms with van der Waals surface area (Å²) in [7, 11) is 1.61. The summed E-state index contributed by atoms with van der Waals surface area (Å²) >= 11 is 0. The summed E-state index contributed by atoms with van der Waals surface area (Å²) in [6.07, 6.45) is -0.395. The maximum absolute atomic E-state index is 12.6. The molecule has 2 aliphatic heterocycles. The van der Waals surface area contributed by atoms with Crippen LogP contribution < -0.4 is 14.8 Å². The van der Waals surface area contributed by atoms with E-state index >= 15 is 0 Å². The number of methoxy groups -OCH3 is 1. The summed E-state index contributed by atoms with van der Waals surface area (Å²) in [5, 5.41) is 14.6. The first-order valence-electron chi connectivity index (χ1n) is 8.57. The molecule has 4 rings (SSSR count). The number of aromatic nitrogens is 4. The highest BCUT2D eigenvalue weighted by Gasteiger charge is 2.29. The summed E-state index contributed by atoms with van der Waals surface area (Å²) in [4.78, 5) is 14.3. The highest BCUT2D eigenvalue weighted by Crippen LogP contribution is 2.34. The number of hydrogen-bond acceptors (Lipinski definition) is 8. The van der Waals surface area contributed by atoms with E-state index in [9.17, 15) is 4.79 Å². The van der Waals surface area contributed by atoms with Gasteiger partial charge >= 0.3 is 6.03 Å². The number of nitrogens with zero attached hydrogens (tertiary/aromatic N) is 5. The summed E-state index contributed by atoms with van der Waals surface area (Å²) in [6, 6.07) is 5.06. The van der Waals surface area contributed by atoms with Gasteiger partial charge in [-0.25, -0.2) is 9.48 Å². The van der Waals surface area contributed by atoms with Crippen molar-refractivity contribution >= 4 is 11.7 Å². The lowest BCUT2D eigenvalue weighted by atomic mass is 10.2. The molecule has 2 amide bonds. The van der Waals surface area contributed by atoms with Gasteiger partial charge in [0, 0.05) is 25.4 Å². The van der Waals surface area contributed by atoms with Crippen molar-refractivity contribution in [2.24, 2.45) is 0 Å². The maximum Gasteiger partial charge on any atom is 0.322 e. The van der Waals surface area contributed by atoms with Crippen LogP contribution >= 0.6 is 0 Å². The molecule has 27 heavy (non-hydrogen) atoms. The highest BCUT2D eigenvalue weighted by molar-refractivity contribution is 5.89. The Labute approximate surface area is 155 Å². The van der Waals surface area contributed by atoms with Gasteiger partial charge in [-0.3, -0.25) is 0 Å². The third-order valence-electron chi connectivity index (χ3n) is 4.33. The van der Waals surface area contributed by atoms with Gasteiger partial charge in [0.2, 0.25) is 6.79 Å². The quantitative estimate of drug-likeness (QED) is 0.809. The molecule has 1 N–H and O–H groups in total. The van der Waals surface area contributed by atoms with Gasteiger partial charge in [-0.2, -0.15) is 0 Å². The number of carbonyl (C=O) groups excluding carboxylic acids is 1. The number of benzene rings is 1. The number of morpholine rings is 1. The zero-order valence-corrected chi connectivity index (χ0v) is 14.8. The topological polar surface area (TPSA) is 113 Å². The third-order valence-corrected chi connectivity index (χ3v) is 4.33. The van der Waals surface area contributed by atoms with Crippen LogP contribution in [-0.4, -0.2) is 71.3 Å². The third kappa shape index (κ3) is 3.78. The molecule has 1 aromatic carbocycles. The van der Waals surface area contributed by atoms with Gasteiger partial charge in [-0.05, 0) is 22.6 Å². The largest absolute Gasteiger partial charge is 0.454 e. The van der Waals surface area contributed by atoms with E-state index < -0.39 is 6.10 Å². The number of fused-ring (bicyclic) bond motifs is 1. The molecule has 0 bridgehead atoms. The molecule has 1 fully saturated rings. The highest BCUT2D eigenvalue weighted by atomic mass is 16.7. The zero-order valence-electron chi connectivity index (χ0n) is 14.8. The Morgan fingerprint density at radius 2 is 2.26 bits per heavy atom. The van der Waals surface area contributed by atoms with Crippen molar-refractivity contribution < 1.29 is 23.7 Å². The Bertz CT molecular complexity index is 812. The fourth-order valence-corrected chi connectivity index (χ4v) is 2.95. The molecule has 1 saturated heterocycles.